The number of unbranched alkanes of at least 4 members (excludes halogenated alkanes) is 16. The summed E-state index contributed by atoms with van der Waals surface area (Å²) in [5.41, 5.74) is 0. The normalized spacial score (nSPS) is 10.9. The van der Waals surface area contributed by atoms with Gasteiger partial charge in [0.1, 0.15) is 12.4 Å². The molecule has 2 nitrogen and oxygen atoms in total. The van der Waals surface area contributed by atoms with Crippen molar-refractivity contribution in [2.75, 3.05) is 0 Å². The van der Waals surface area contributed by atoms with E-state index in [1.807, 2.05) is 0 Å². The highest BCUT2D eigenvalue weighted by molar-refractivity contribution is 4.66. The minimum Gasteiger partial charge on any atom is -1.00 e. The lowest BCUT2D eigenvalue weighted by Gasteiger charge is -2.01. The molecule has 0 N–H and O–H groups in total. The lowest BCUT2D eigenvalue weighted by atomic mass is 10.1. The van der Waals surface area contributed by atoms with Gasteiger partial charge in [-0.1, -0.05) is 104 Å². The van der Waals surface area contributed by atoms with Gasteiger partial charge in [0.2, 0.25) is 6.33 Å². The van der Waals surface area contributed by atoms with Gasteiger partial charge in [0.25, 0.3) is 0 Å². The van der Waals surface area contributed by atoms with E-state index in [1.165, 1.54) is 129 Å². The standard InChI is InChI=1S/C25H49N2.ClH/c1-3-5-7-9-11-13-15-17-19-21-26-23-24-27(25-26)22-20-18-16-14-12-10-8-6-4-2;/h23-25H,3-22H2,1-2H3;1H/q+1;/p-1. The maximum atomic E-state index is 2.38. The number of halogens is 1. The first-order valence-corrected chi connectivity index (χ1v) is 12.4. The average Bonchev–Trinajstić information content (AvgIpc) is 3.13. The van der Waals surface area contributed by atoms with Crippen LogP contribution in [-0.2, 0) is 13.1 Å². The Balaban J connectivity index is 0.00000729. The molecule has 0 radical (unpaired) electrons. The maximum Gasteiger partial charge on any atom is 0.243 e. The molecular weight excluding hydrogens is 364 g/mol. The van der Waals surface area contributed by atoms with Crippen molar-refractivity contribution in [2.24, 2.45) is 0 Å². The van der Waals surface area contributed by atoms with Crippen LogP contribution < -0.4 is 17.0 Å². The van der Waals surface area contributed by atoms with Crippen LogP contribution in [0.2, 0.25) is 0 Å². The first kappa shape index (κ1) is 27.5. The Morgan fingerprint density at radius 1 is 0.571 bits per heavy atom. The molecule has 166 valence electrons. The van der Waals surface area contributed by atoms with E-state index in [0.29, 0.717) is 0 Å². The largest absolute Gasteiger partial charge is 1.00 e. The van der Waals surface area contributed by atoms with Gasteiger partial charge in [0.05, 0.1) is 13.1 Å². The molecular formula is C25H49ClN2. The van der Waals surface area contributed by atoms with Gasteiger partial charge in [-0.15, -0.1) is 0 Å². The molecule has 0 fully saturated rings. The maximum absolute atomic E-state index is 2.38. The zero-order valence-electron chi connectivity index (χ0n) is 19.1. The molecule has 0 spiro atoms. The van der Waals surface area contributed by atoms with Crippen molar-refractivity contribution < 1.29 is 17.0 Å². The zero-order chi connectivity index (χ0) is 19.4. The van der Waals surface area contributed by atoms with Gasteiger partial charge in [-0.25, -0.2) is 9.13 Å². The Morgan fingerprint density at radius 2 is 1.00 bits per heavy atom. The summed E-state index contributed by atoms with van der Waals surface area (Å²) in [6.07, 6.45) is 32.3. The lowest BCUT2D eigenvalue weighted by molar-refractivity contribution is -0.696. The number of hydrogen-bond donors (Lipinski definition) is 0. The van der Waals surface area contributed by atoms with E-state index in [9.17, 15) is 0 Å². The molecule has 0 unspecified atom stereocenters. The molecule has 1 heterocycles. The molecule has 0 aliphatic rings. The number of aryl methyl sites for hydroxylation is 2. The molecule has 0 bridgehead atoms. The highest BCUT2D eigenvalue weighted by atomic mass is 35.5. The summed E-state index contributed by atoms with van der Waals surface area (Å²) in [6, 6.07) is 0. The number of nitrogens with zero attached hydrogens (tertiary/aromatic N) is 2. The smallest absolute Gasteiger partial charge is 0.243 e. The molecule has 1 aromatic heterocycles. The number of imidazole rings is 1. The molecule has 3 heteroatoms. The van der Waals surface area contributed by atoms with Crippen LogP contribution in [0.1, 0.15) is 129 Å². The molecule has 0 atom stereocenters. The Labute approximate surface area is 182 Å². The average molecular weight is 413 g/mol. The summed E-state index contributed by atoms with van der Waals surface area (Å²) in [5.74, 6) is 0. The van der Waals surface area contributed by atoms with Crippen LogP contribution >= 0.6 is 0 Å². The molecule has 0 saturated heterocycles. The van der Waals surface area contributed by atoms with Crippen LogP contribution in [0.5, 0.6) is 0 Å². The fourth-order valence-corrected chi connectivity index (χ4v) is 3.91. The topological polar surface area (TPSA) is 8.81 Å². The Morgan fingerprint density at radius 3 is 1.50 bits per heavy atom. The van der Waals surface area contributed by atoms with E-state index in [1.54, 1.807) is 0 Å². The van der Waals surface area contributed by atoms with Gasteiger partial charge < -0.3 is 12.4 Å². The summed E-state index contributed by atoms with van der Waals surface area (Å²) in [4.78, 5) is 0. The van der Waals surface area contributed by atoms with Gasteiger partial charge in [-0.3, -0.25) is 0 Å². The predicted molar refractivity (Wildman–Crippen MR) is 119 cm³/mol. The summed E-state index contributed by atoms with van der Waals surface area (Å²) < 4.78 is 4.77. The molecule has 1 aromatic rings. The third-order valence-electron chi connectivity index (χ3n) is 5.79. The van der Waals surface area contributed by atoms with Crippen LogP contribution in [0.3, 0.4) is 0 Å². The van der Waals surface area contributed by atoms with Crippen molar-refractivity contribution in [1.82, 2.24) is 4.57 Å². The van der Waals surface area contributed by atoms with Crippen LogP contribution in [0, 0.1) is 0 Å². The van der Waals surface area contributed by atoms with E-state index in [2.05, 4.69) is 41.7 Å². The zero-order valence-corrected chi connectivity index (χ0v) is 19.9. The number of hydrogen-bond acceptors (Lipinski definition) is 0. The Hall–Kier alpha value is -0.500. The van der Waals surface area contributed by atoms with E-state index in [-0.39, 0.29) is 12.4 Å². The van der Waals surface area contributed by atoms with E-state index in [4.69, 9.17) is 0 Å². The quantitative estimate of drug-likeness (QED) is 0.214. The summed E-state index contributed by atoms with van der Waals surface area (Å²) >= 11 is 0. The third kappa shape index (κ3) is 16.5. The van der Waals surface area contributed by atoms with Crippen molar-refractivity contribution in [1.29, 1.82) is 0 Å². The minimum atomic E-state index is 0. The van der Waals surface area contributed by atoms with Crippen molar-refractivity contribution in [3.63, 3.8) is 0 Å². The molecule has 0 amide bonds. The fraction of sp³-hybridized carbons (Fsp3) is 0.880. The van der Waals surface area contributed by atoms with Crippen LogP contribution in [-0.4, -0.2) is 4.57 Å². The number of rotatable bonds is 20. The van der Waals surface area contributed by atoms with Crippen molar-refractivity contribution in [3.8, 4) is 0 Å². The lowest BCUT2D eigenvalue weighted by Crippen LogP contribution is -3.00. The SMILES string of the molecule is CCCCCCCCCCCn1cc[n+](CCCCCCCCCCC)c1.[Cl-]. The van der Waals surface area contributed by atoms with Gasteiger partial charge in [0.15, 0.2) is 0 Å². The molecule has 0 saturated carbocycles. The fourth-order valence-electron chi connectivity index (χ4n) is 3.91. The van der Waals surface area contributed by atoms with Gasteiger partial charge >= 0.3 is 0 Å². The first-order valence-electron chi connectivity index (χ1n) is 12.4. The Kier molecular flexibility index (Phi) is 20.8. The molecule has 0 aliphatic heterocycles. The van der Waals surface area contributed by atoms with E-state index >= 15 is 0 Å². The second-order valence-corrected chi connectivity index (χ2v) is 8.55. The van der Waals surface area contributed by atoms with Crippen molar-refractivity contribution in [3.05, 3.63) is 18.7 Å². The Bertz CT molecular complexity index is 380. The molecule has 0 aliphatic carbocycles. The van der Waals surface area contributed by atoms with E-state index in [0.717, 1.165) is 0 Å². The van der Waals surface area contributed by atoms with Crippen LogP contribution in [0.25, 0.3) is 0 Å². The second kappa shape index (κ2) is 21.2. The van der Waals surface area contributed by atoms with Gasteiger partial charge in [0, 0.05) is 0 Å². The van der Waals surface area contributed by atoms with E-state index < -0.39 is 0 Å². The second-order valence-electron chi connectivity index (χ2n) is 8.55. The van der Waals surface area contributed by atoms with Crippen molar-refractivity contribution in [2.45, 2.75) is 143 Å². The van der Waals surface area contributed by atoms with Gasteiger partial charge in [-0.2, -0.15) is 0 Å². The van der Waals surface area contributed by atoms with Crippen LogP contribution in [0.4, 0.5) is 0 Å². The minimum absolute atomic E-state index is 0. The van der Waals surface area contributed by atoms with Crippen LogP contribution in [0.15, 0.2) is 18.7 Å². The third-order valence-corrected chi connectivity index (χ3v) is 5.79. The van der Waals surface area contributed by atoms with Crippen molar-refractivity contribution >= 4 is 0 Å². The summed E-state index contributed by atoms with van der Waals surface area (Å²) in [7, 11) is 0. The summed E-state index contributed by atoms with van der Waals surface area (Å²) in [5, 5.41) is 0. The first-order chi connectivity index (χ1) is 13.4. The summed E-state index contributed by atoms with van der Waals surface area (Å²) in [6.45, 7) is 6.98. The molecule has 28 heavy (non-hydrogen) atoms. The van der Waals surface area contributed by atoms with Gasteiger partial charge in [-0.05, 0) is 25.7 Å². The molecule has 0 aromatic carbocycles. The predicted octanol–water partition coefficient (Wildman–Crippen LogP) is 4.84. The number of aromatic nitrogens is 2. The molecule has 1 rings (SSSR count). The monoisotopic (exact) mass is 412 g/mol. The highest BCUT2D eigenvalue weighted by Gasteiger charge is 2.03. The highest BCUT2D eigenvalue weighted by Crippen LogP contribution is 2.11.